The Hall–Kier alpha value is -1.42. The first-order chi connectivity index (χ1) is 10.1. The van der Waals surface area contributed by atoms with Crippen molar-refractivity contribution in [1.29, 1.82) is 0 Å². The van der Waals surface area contributed by atoms with Crippen LogP contribution in [0.5, 0.6) is 0 Å². The highest BCUT2D eigenvalue weighted by atomic mass is 35.5. The molecule has 0 amide bonds. The normalized spacial score (nSPS) is 22.6. The SMILES string of the molecule is N[C@@H]1CN(Cc2ccc(Cl)c(F)c2)C[C@H]1c1ccccc1. The summed E-state index contributed by atoms with van der Waals surface area (Å²) in [4.78, 5) is 2.27. The minimum atomic E-state index is -0.364. The Morgan fingerprint density at radius 2 is 1.90 bits per heavy atom. The lowest BCUT2D eigenvalue weighted by atomic mass is 9.95. The molecule has 1 saturated heterocycles. The highest BCUT2D eigenvalue weighted by Gasteiger charge is 2.30. The quantitative estimate of drug-likeness (QED) is 0.941. The third-order valence-electron chi connectivity index (χ3n) is 4.06. The van der Waals surface area contributed by atoms with Gasteiger partial charge in [-0.05, 0) is 23.3 Å². The van der Waals surface area contributed by atoms with Gasteiger partial charge in [0.15, 0.2) is 0 Å². The van der Waals surface area contributed by atoms with Gasteiger partial charge in [-0.3, -0.25) is 4.90 Å². The van der Waals surface area contributed by atoms with Crippen molar-refractivity contribution >= 4 is 11.6 Å². The minimum absolute atomic E-state index is 0.115. The lowest BCUT2D eigenvalue weighted by Crippen LogP contribution is -2.28. The number of hydrogen-bond acceptors (Lipinski definition) is 2. The van der Waals surface area contributed by atoms with Gasteiger partial charge in [0, 0.05) is 31.6 Å². The molecule has 0 saturated carbocycles. The van der Waals surface area contributed by atoms with Gasteiger partial charge in [0.25, 0.3) is 0 Å². The van der Waals surface area contributed by atoms with Gasteiger partial charge in [0.1, 0.15) is 5.82 Å². The molecule has 0 bridgehead atoms. The zero-order valence-corrected chi connectivity index (χ0v) is 12.4. The van der Waals surface area contributed by atoms with Crippen LogP contribution in [0, 0.1) is 5.82 Å². The molecular weight excluding hydrogens is 287 g/mol. The van der Waals surface area contributed by atoms with E-state index in [1.165, 1.54) is 11.6 Å². The molecule has 21 heavy (non-hydrogen) atoms. The third-order valence-corrected chi connectivity index (χ3v) is 4.37. The molecule has 0 unspecified atom stereocenters. The summed E-state index contributed by atoms with van der Waals surface area (Å²) >= 11 is 5.72. The van der Waals surface area contributed by atoms with E-state index in [0.29, 0.717) is 12.5 Å². The summed E-state index contributed by atoms with van der Waals surface area (Å²) in [5, 5.41) is 0.166. The maximum atomic E-state index is 13.5. The highest BCUT2D eigenvalue weighted by molar-refractivity contribution is 6.30. The van der Waals surface area contributed by atoms with E-state index in [1.54, 1.807) is 6.07 Å². The molecule has 3 rings (SSSR count). The molecule has 0 aliphatic carbocycles. The minimum Gasteiger partial charge on any atom is -0.326 e. The molecule has 2 atom stereocenters. The molecule has 2 nitrogen and oxygen atoms in total. The average Bonchev–Trinajstić information content (AvgIpc) is 2.84. The zero-order chi connectivity index (χ0) is 14.8. The fraction of sp³-hybridized carbons (Fsp3) is 0.294. The van der Waals surface area contributed by atoms with Crippen LogP contribution in [-0.2, 0) is 6.54 Å². The summed E-state index contributed by atoms with van der Waals surface area (Å²) in [5.41, 5.74) is 8.47. The largest absolute Gasteiger partial charge is 0.326 e. The van der Waals surface area contributed by atoms with Gasteiger partial charge in [-0.2, -0.15) is 0 Å². The number of nitrogens with two attached hydrogens (primary N) is 1. The predicted octanol–water partition coefficient (Wildman–Crippen LogP) is 3.41. The van der Waals surface area contributed by atoms with E-state index in [2.05, 4.69) is 17.0 Å². The summed E-state index contributed by atoms with van der Waals surface area (Å²) in [7, 11) is 0. The maximum Gasteiger partial charge on any atom is 0.142 e. The standard InChI is InChI=1S/C17H18ClFN2/c18-15-7-6-12(8-16(15)19)9-21-10-14(17(20)11-21)13-4-2-1-3-5-13/h1-8,14,17H,9-11,20H2/t14-,17+/m0/s1. The third kappa shape index (κ3) is 3.26. The van der Waals surface area contributed by atoms with Crippen LogP contribution >= 0.6 is 11.6 Å². The van der Waals surface area contributed by atoms with Crippen LogP contribution in [0.3, 0.4) is 0 Å². The number of nitrogens with zero attached hydrogens (tertiary/aromatic N) is 1. The monoisotopic (exact) mass is 304 g/mol. The van der Waals surface area contributed by atoms with Gasteiger partial charge in [-0.25, -0.2) is 4.39 Å². The fourth-order valence-corrected chi connectivity index (χ4v) is 3.11. The molecule has 0 spiro atoms. The molecule has 1 aliphatic rings. The van der Waals surface area contributed by atoms with E-state index in [1.807, 2.05) is 24.3 Å². The number of rotatable bonds is 3. The van der Waals surface area contributed by atoms with E-state index in [0.717, 1.165) is 18.7 Å². The van der Waals surface area contributed by atoms with Gasteiger partial charge >= 0.3 is 0 Å². The van der Waals surface area contributed by atoms with Gasteiger partial charge < -0.3 is 5.73 Å². The number of halogens is 2. The van der Waals surface area contributed by atoms with Crippen molar-refractivity contribution in [1.82, 2.24) is 4.90 Å². The molecule has 1 aliphatic heterocycles. The second kappa shape index (κ2) is 6.14. The lowest BCUT2D eigenvalue weighted by molar-refractivity contribution is 0.323. The predicted molar refractivity (Wildman–Crippen MR) is 83.8 cm³/mol. The van der Waals surface area contributed by atoms with Crippen molar-refractivity contribution in [3.63, 3.8) is 0 Å². The van der Waals surface area contributed by atoms with Crippen LogP contribution in [-0.4, -0.2) is 24.0 Å². The van der Waals surface area contributed by atoms with E-state index >= 15 is 0 Å². The molecule has 1 fully saturated rings. The van der Waals surface area contributed by atoms with Crippen LogP contribution in [0.2, 0.25) is 5.02 Å². The Kier molecular flexibility index (Phi) is 4.24. The Bertz CT molecular complexity index is 617. The van der Waals surface area contributed by atoms with E-state index < -0.39 is 0 Å². The molecule has 1 heterocycles. The summed E-state index contributed by atoms with van der Waals surface area (Å²) in [6, 6.07) is 15.4. The molecule has 2 N–H and O–H groups in total. The maximum absolute atomic E-state index is 13.5. The lowest BCUT2D eigenvalue weighted by Gasteiger charge is -2.16. The highest BCUT2D eigenvalue weighted by Crippen LogP contribution is 2.27. The van der Waals surface area contributed by atoms with Gasteiger partial charge in [-0.15, -0.1) is 0 Å². The Labute approximate surface area is 129 Å². The Morgan fingerprint density at radius 1 is 1.14 bits per heavy atom. The van der Waals surface area contributed by atoms with Crippen molar-refractivity contribution in [3.8, 4) is 0 Å². The summed E-state index contributed by atoms with van der Waals surface area (Å²) in [6.45, 7) is 2.42. The molecule has 0 aromatic heterocycles. The molecule has 110 valence electrons. The zero-order valence-electron chi connectivity index (χ0n) is 11.7. The first kappa shape index (κ1) is 14.5. The van der Waals surface area contributed by atoms with E-state index in [-0.39, 0.29) is 16.9 Å². The topological polar surface area (TPSA) is 29.3 Å². The number of likely N-dealkylation sites (tertiary alicyclic amines) is 1. The smallest absolute Gasteiger partial charge is 0.142 e. The fourth-order valence-electron chi connectivity index (χ4n) is 2.99. The van der Waals surface area contributed by atoms with Crippen molar-refractivity contribution in [2.45, 2.75) is 18.5 Å². The number of hydrogen-bond donors (Lipinski definition) is 1. The van der Waals surface area contributed by atoms with Crippen LogP contribution in [0.4, 0.5) is 4.39 Å². The Morgan fingerprint density at radius 3 is 2.62 bits per heavy atom. The van der Waals surface area contributed by atoms with Gasteiger partial charge in [0.05, 0.1) is 5.02 Å². The van der Waals surface area contributed by atoms with Crippen molar-refractivity contribution < 1.29 is 4.39 Å². The van der Waals surface area contributed by atoms with Gasteiger partial charge in [-0.1, -0.05) is 48.0 Å². The van der Waals surface area contributed by atoms with Crippen molar-refractivity contribution in [2.75, 3.05) is 13.1 Å². The van der Waals surface area contributed by atoms with E-state index in [9.17, 15) is 4.39 Å². The van der Waals surface area contributed by atoms with Crippen molar-refractivity contribution in [2.24, 2.45) is 5.73 Å². The first-order valence-electron chi connectivity index (χ1n) is 7.10. The second-order valence-corrected chi connectivity index (χ2v) is 6.03. The molecule has 4 heteroatoms. The average molecular weight is 305 g/mol. The molecule has 0 radical (unpaired) electrons. The second-order valence-electron chi connectivity index (χ2n) is 5.62. The first-order valence-corrected chi connectivity index (χ1v) is 7.48. The molecule has 2 aromatic rings. The summed E-state index contributed by atoms with van der Waals surface area (Å²) in [5.74, 6) is -0.0272. The number of benzene rings is 2. The molecule has 2 aromatic carbocycles. The van der Waals surface area contributed by atoms with Crippen LogP contribution in [0.1, 0.15) is 17.0 Å². The van der Waals surface area contributed by atoms with Crippen LogP contribution < -0.4 is 5.73 Å². The summed E-state index contributed by atoms with van der Waals surface area (Å²) < 4.78 is 13.5. The summed E-state index contributed by atoms with van der Waals surface area (Å²) in [6.07, 6.45) is 0. The van der Waals surface area contributed by atoms with Crippen LogP contribution in [0.25, 0.3) is 0 Å². The molecular formula is C17H18ClFN2. The van der Waals surface area contributed by atoms with Gasteiger partial charge in [0.2, 0.25) is 0 Å². The van der Waals surface area contributed by atoms with Crippen LogP contribution in [0.15, 0.2) is 48.5 Å². The van der Waals surface area contributed by atoms with E-state index in [4.69, 9.17) is 17.3 Å². The Balaban J connectivity index is 1.70. The van der Waals surface area contributed by atoms with Crippen molar-refractivity contribution in [3.05, 3.63) is 70.5 Å².